The van der Waals surface area contributed by atoms with E-state index in [1.807, 2.05) is 42.5 Å². The van der Waals surface area contributed by atoms with E-state index in [9.17, 15) is 4.79 Å². The number of ether oxygens (including phenoxy) is 1. The van der Waals surface area contributed by atoms with Crippen LogP contribution >= 0.6 is 0 Å². The number of aryl methyl sites for hydroxylation is 1. The van der Waals surface area contributed by atoms with E-state index >= 15 is 0 Å². The molecule has 3 heteroatoms. The molecule has 0 saturated carbocycles. The summed E-state index contributed by atoms with van der Waals surface area (Å²) in [5.74, 6) is 6.19. The van der Waals surface area contributed by atoms with Gasteiger partial charge in [0, 0.05) is 11.5 Å². The first-order valence-electron chi connectivity index (χ1n) is 9.93. The molecule has 1 aliphatic rings. The lowest BCUT2D eigenvalue weighted by Crippen LogP contribution is -2.26. The molecule has 0 unspecified atom stereocenters. The fourth-order valence-corrected chi connectivity index (χ4v) is 3.86. The van der Waals surface area contributed by atoms with Crippen LogP contribution in [0.15, 0.2) is 72.8 Å². The highest BCUT2D eigenvalue weighted by Crippen LogP contribution is 2.44. The summed E-state index contributed by atoms with van der Waals surface area (Å²) in [4.78, 5) is 12.2. The van der Waals surface area contributed by atoms with Gasteiger partial charge < -0.3 is 10.1 Å². The minimum absolute atomic E-state index is 0.0654. The highest BCUT2D eigenvalue weighted by Gasteiger charge is 2.28. The van der Waals surface area contributed by atoms with Gasteiger partial charge in [-0.05, 0) is 40.3 Å². The van der Waals surface area contributed by atoms with E-state index < -0.39 is 6.09 Å². The Bertz CT molecular complexity index is 1050. The molecule has 0 atom stereocenters. The van der Waals surface area contributed by atoms with Crippen molar-refractivity contribution in [1.29, 1.82) is 0 Å². The van der Waals surface area contributed by atoms with Crippen molar-refractivity contribution in [1.82, 2.24) is 5.32 Å². The average Bonchev–Trinajstić information content (AvgIpc) is 3.09. The Morgan fingerprint density at radius 2 is 1.55 bits per heavy atom. The number of carbonyl (C=O) groups is 1. The average molecular weight is 381 g/mol. The zero-order chi connectivity index (χ0) is 20.1. The number of alkyl carbamates (subject to hydrolysis) is 1. The number of carbonyl (C=O) groups excluding carboxylic acids is 1. The quantitative estimate of drug-likeness (QED) is 0.636. The molecule has 3 aromatic rings. The van der Waals surface area contributed by atoms with E-state index in [2.05, 4.69) is 54.4 Å². The Kier molecular flexibility index (Phi) is 5.63. The van der Waals surface area contributed by atoms with Gasteiger partial charge in [0.25, 0.3) is 0 Å². The maximum absolute atomic E-state index is 12.2. The lowest BCUT2D eigenvalue weighted by molar-refractivity contribution is 0.144. The molecule has 0 spiro atoms. The van der Waals surface area contributed by atoms with Crippen LogP contribution in [0.1, 0.15) is 35.1 Å². The van der Waals surface area contributed by atoms with Crippen LogP contribution in [0.25, 0.3) is 11.1 Å². The van der Waals surface area contributed by atoms with Crippen molar-refractivity contribution < 1.29 is 9.53 Å². The van der Waals surface area contributed by atoms with E-state index in [0.29, 0.717) is 6.61 Å². The Balaban J connectivity index is 1.36. The van der Waals surface area contributed by atoms with Crippen molar-refractivity contribution in [2.24, 2.45) is 0 Å². The molecule has 1 aliphatic carbocycles. The maximum atomic E-state index is 12.2. The van der Waals surface area contributed by atoms with E-state index in [-0.39, 0.29) is 12.5 Å². The number of amides is 1. The van der Waals surface area contributed by atoms with E-state index in [0.717, 1.165) is 12.0 Å². The fourth-order valence-electron chi connectivity index (χ4n) is 3.86. The van der Waals surface area contributed by atoms with Crippen molar-refractivity contribution in [3.8, 4) is 23.0 Å². The minimum atomic E-state index is -0.440. The van der Waals surface area contributed by atoms with Gasteiger partial charge in [0.15, 0.2) is 0 Å². The molecule has 0 bridgehead atoms. The van der Waals surface area contributed by atoms with E-state index in [4.69, 9.17) is 4.74 Å². The van der Waals surface area contributed by atoms with Crippen molar-refractivity contribution in [3.63, 3.8) is 0 Å². The first-order chi connectivity index (χ1) is 14.3. The number of benzene rings is 3. The summed E-state index contributed by atoms with van der Waals surface area (Å²) in [6, 6.07) is 24.7. The van der Waals surface area contributed by atoms with Gasteiger partial charge in [-0.2, -0.15) is 0 Å². The summed E-state index contributed by atoms with van der Waals surface area (Å²) in [6.45, 7) is 2.68. The van der Waals surface area contributed by atoms with Gasteiger partial charge in [-0.15, -0.1) is 0 Å². The largest absolute Gasteiger partial charge is 0.449 e. The number of nitrogens with one attached hydrogen (secondary N) is 1. The van der Waals surface area contributed by atoms with Gasteiger partial charge in [0.2, 0.25) is 0 Å². The van der Waals surface area contributed by atoms with Crippen LogP contribution in [0.2, 0.25) is 0 Å². The van der Waals surface area contributed by atoms with Crippen molar-refractivity contribution in [2.75, 3.05) is 13.2 Å². The van der Waals surface area contributed by atoms with Crippen molar-refractivity contribution in [2.45, 2.75) is 19.3 Å². The van der Waals surface area contributed by atoms with Crippen LogP contribution in [0.5, 0.6) is 0 Å². The molecular formula is C26H23NO2. The third-order valence-electron chi connectivity index (χ3n) is 5.29. The van der Waals surface area contributed by atoms with Gasteiger partial charge in [-0.1, -0.05) is 85.5 Å². The van der Waals surface area contributed by atoms with Crippen LogP contribution in [-0.2, 0) is 11.2 Å². The summed E-state index contributed by atoms with van der Waals surface area (Å²) in [5.41, 5.74) is 7.07. The van der Waals surface area contributed by atoms with Crippen LogP contribution in [-0.4, -0.2) is 19.2 Å². The molecule has 1 N–H and O–H groups in total. The van der Waals surface area contributed by atoms with Gasteiger partial charge in [-0.3, -0.25) is 0 Å². The Hall–Kier alpha value is -3.51. The smallest absolute Gasteiger partial charge is 0.407 e. The molecule has 0 aromatic heterocycles. The molecule has 0 aliphatic heterocycles. The number of hydrogen-bond donors (Lipinski definition) is 1. The third kappa shape index (κ3) is 4.02. The van der Waals surface area contributed by atoms with Gasteiger partial charge in [0.1, 0.15) is 6.61 Å². The van der Waals surface area contributed by atoms with E-state index in [1.54, 1.807) is 0 Å². The highest BCUT2D eigenvalue weighted by atomic mass is 16.5. The van der Waals surface area contributed by atoms with Gasteiger partial charge >= 0.3 is 6.09 Å². The minimum Gasteiger partial charge on any atom is -0.449 e. The Morgan fingerprint density at radius 1 is 0.931 bits per heavy atom. The Labute approximate surface area is 171 Å². The second kappa shape index (κ2) is 8.67. The summed E-state index contributed by atoms with van der Waals surface area (Å²) < 4.78 is 5.52. The molecule has 0 fully saturated rings. The van der Waals surface area contributed by atoms with Gasteiger partial charge in [-0.25, -0.2) is 4.79 Å². The molecule has 0 radical (unpaired) electrons. The summed E-state index contributed by atoms with van der Waals surface area (Å²) in [6.07, 6.45) is 0.495. The number of rotatable bonds is 4. The van der Waals surface area contributed by atoms with Crippen molar-refractivity contribution in [3.05, 3.63) is 95.1 Å². The molecular weight excluding hydrogens is 358 g/mol. The SMILES string of the molecule is CCc1ccccc1C#CCNC(=O)OCC1c2ccccc2-c2ccccc21. The van der Waals surface area contributed by atoms with Crippen molar-refractivity contribution >= 4 is 6.09 Å². The van der Waals surface area contributed by atoms with Crippen LogP contribution in [0.3, 0.4) is 0 Å². The molecule has 1 amide bonds. The maximum Gasteiger partial charge on any atom is 0.407 e. The number of hydrogen-bond acceptors (Lipinski definition) is 2. The molecule has 29 heavy (non-hydrogen) atoms. The van der Waals surface area contributed by atoms with E-state index in [1.165, 1.54) is 27.8 Å². The second-order valence-corrected chi connectivity index (χ2v) is 6.99. The Morgan fingerprint density at radius 3 is 2.24 bits per heavy atom. The lowest BCUT2D eigenvalue weighted by atomic mass is 9.98. The van der Waals surface area contributed by atoms with Crippen LogP contribution in [0, 0.1) is 11.8 Å². The van der Waals surface area contributed by atoms with Gasteiger partial charge in [0.05, 0.1) is 6.54 Å². The molecule has 4 rings (SSSR count). The zero-order valence-electron chi connectivity index (χ0n) is 16.4. The molecule has 144 valence electrons. The predicted octanol–water partition coefficient (Wildman–Crippen LogP) is 5.14. The molecule has 3 aromatic carbocycles. The normalized spacial score (nSPS) is 11.8. The topological polar surface area (TPSA) is 38.3 Å². The lowest BCUT2D eigenvalue weighted by Gasteiger charge is -2.14. The van der Waals surface area contributed by atoms with Crippen LogP contribution < -0.4 is 5.32 Å². The summed E-state index contributed by atoms with van der Waals surface area (Å²) in [7, 11) is 0. The van der Waals surface area contributed by atoms with Crippen LogP contribution in [0.4, 0.5) is 4.79 Å². The highest BCUT2D eigenvalue weighted by molar-refractivity contribution is 5.79. The fraction of sp³-hybridized carbons (Fsp3) is 0.192. The first kappa shape index (κ1) is 18.8. The molecule has 3 nitrogen and oxygen atoms in total. The first-order valence-corrected chi connectivity index (χ1v) is 9.93. The molecule has 0 saturated heterocycles. The monoisotopic (exact) mass is 381 g/mol. The second-order valence-electron chi connectivity index (χ2n) is 6.99. The summed E-state index contributed by atoms with van der Waals surface area (Å²) in [5, 5.41) is 2.73. The predicted molar refractivity (Wildman–Crippen MR) is 116 cm³/mol. The third-order valence-corrected chi connectivity index (χ3v) is 5.29. The summed E-state index contributed by atoms with van der Waals surface area (Å²) >= 11 is 0. The zero-order valence-corrected chi connectivity index (χ0v) is 16.4. The standard InChI is InChI=1S/C26H23NO2/c1-2-19-10-3-4-11-20(19)12-9-17-27-26(28)29-18-25-23-15-7-5-13-21(23)22-14-6-8-16-24(22)25/h3-8,10-11,13-16,25H,2,17-18H2,1H3,(H,27,28). The molecule has 0 heterocycles. The number of fused-ring (bicyclic) bond motifs is 3.